The van der Waals surface area contributed by atoms with Gasteiger partial charge in [-0.05, 0) is 6.42 Å². The molecule has 0 unspecified atom stereocenters. The summed E-state index contributed by atoms with van der Waals surface area (Å²) < 4.78 is 0. The quantitative estimate of drug-likeness (QED) is 0.277. The zero-order valence-corrected chi connectivity index (χ0v) is 12.1. The van der Waals surface area contributed by atoms with E-state index in [1.54, 1.807) is 0 Å². The molecule has 0 aromatic carbocycles. The molecule has 0 aliphatic rings. The SMILES string of the molecule is CCCCCCCCCCCCC(C(=O)O)C(=O)O.[BaH2]. The normalized spacial score (nSPS) is 10.3. The number of hydrogen-bond acceptors (Lipinski definition) is 2. The number of hydrogen-bond donors (Lipinski definition) is 2. The third-order valence-corrected chi connectivity index (χ3v) is 3.44. The standard InChI is InChI=1S/C15H28O4.Ba.2H/c1-2-3-4-5-6-7-8-9-10-11-12-13(14(16)17)15(18)19;;;/h13H,2-12H2,1H3,(H,16,17)(H,18,19);;;. The second-order valence-electron chi connectivity index (χ2n) is 5.20. The van der Waals surface area contributed by atoms with Gasteiger partial charge in [0.25, 0.3) is 0 Å². The van der Waals surface area contributed by atoms with E-state index in [9.17, 15) is 9.59 Å². The zero-order chi connectivity index (χ0) is 14.5. The Hall–Kier alpha value is 0.511. The predicted molar refractivity (Wildman–Crippen MR) is 83.8 cm³/mol. The van der Waals surface area contributed by atoms with Crippen molar-refractivity contribution in [1.82, 2.24) is 0 Å². The molecule has 2 N–H and O–H groups in total. The summed E-state index contributed by atoms with van der Waals surface area (Å²) in [6.07, 6.45) is 11.9. The molecule has 0 saturated heterocycles. The van der Waals surface area contributed by atoms with Gasteiger partial charge in [-0.2, -0.15) is 0 Å². The van der Waals surface area contributed by atoms with Crippen molar-refractivity contribution in [3.63, 3.8) is 0 Å². The van der Waals surface area contributed by atoms with E-state index in [0.29, 0.717) is 6.42 Å². The summed E-state index contributed by atoms with van der Waals surface area (Å²) in [5.74, 6) is -3.67. The van der Waals surface area contributed by atoms with Gasteiger partial charge in [0.1, 0.15) is 0 Å². The van der Waals surface area contributed by atoms with Crippen LogP contribution in [0.5, 0.6) is 0 Å². The van der Waals surface area contributed by atoms with Crippen LogP contribution in [0.3, 0.4) is 0 Å². The van der Waals surface area contributed by atoms with Crippen molar-refractivity contribution < 1.29 is 19.8 Å². The van der Waals surface area contributed by atoms with Crippen LogP contribution in [-0.2, 0) is 9.59 Å². The summed E-state index contributed by atoms with van der Waals surface area (Å²) in [5.41, 5.74) is 0. The molecule has 0 amide bonds. The zero-order valence-electron chi connectivity index (χ0n) is 12.1. The third kappa shape index (κ3) is 13.5. The Labute approximate surface area is 162 Å². The Morgan fingerprint density at radius 2 is 1.10 bits per heavy atom. The number of carboxylic acids is 2. The average molecular weight is 412 g/mol. The van der Waals surface area contributed by atoms with E-state index in [0.717, 1.165) is 12.8 Å². The van der Waals surface area contributed by atoms with Crippen molar-refractivity contribution in [3.8, 4) is 0 Å². The minimum atomic E-state index is -1.23. The van der Waals surface area contributed by atoms with Crippen LogP contribution in [-0.4, -0.2) is 71.0 Å². The van der Waals surface area contributed by atoms with Crippen molar-refractivity contribution in [3.05, 3.63) is 0 Å². The fraction of sp³-hybridized carbons (Fsp3) is 0.867. The first kappa shape index (κ1) is 22.8. The molecule has 20 heavy (non-hydrogen) atoms. The van der Waals surface area contributed by atoms with Gasteiger partial charge < -0.3 is 10.2 Å². The van der Waals surface area contributed by atoms with Crippen molar-refractivity contribution in [1.29, 1.82) is 0 Å². The average Bonchev–Trinajstić information content (AvgIpc) is 2.35. The molecule has 4 nitrogen and oxygen atoms in total. The van der Waals surface area contributed by atoms with Gasteiger partial charge in [0.15, 0.2) is 5.92 Å². The van der Waals surface area contributed by atoms with Crippen molar-refractivity contribution >= 4 is 60.8 Å². The maximum absolute atomic E-state index is 10.7. The van der Waals surface area contributed by atoms with Gasteiger partial charge >= 0.3 is 60.8 Å². The molecular formula is C15H30BaO4. The molecule has 0 spiro atoms. The summed E-state index contributed by atoms with van der Waals surface area (Å²) in [6.45, 7) is 2.21. The predicted octanol–water partition coefficient (Wildman–Crippen LogP) is 3.17. The summed E-state index contributed by atoms with van der Waals surface area (Å²) in [7, 11) is 0. The van der Waals surface area contributed by atoms with Gasteiger partial charge in [0.05, 0.1) is 0 Å². The summed E-state index contributed by atoms with van der Waals surface area (Å²) in [6, 6.07) is 0. The number of aliphatic carboxylic acids is 2. The van der Waals surface area contributed by atoms with Crippen LogP contribution in [0.2, 0.25) is 0 Å². The van der Waals surface area contributed by atoms with Gasteiger partial charge in [0, 0.05) is 0 Å². The van der Waals surface area contributed by atoms with Crippen LogP contribution in [0.15, 0.2) is 0 Å². The maximum atomic E-state index is 10.7. The topological polar surface area (TPSA) is 74.6 Å². The molecular weight excluding hydrogens is 381 g/mol. The van der Waals surface area contributed by atoms with Crippen LogP contribution in [0.1, 0.15) is 77.6 Å². The number of carboxylic acid groups (broad SMARTS) is 2. The van der Waals surface area contributed by atoms with Crippen molar-refractivity contribution in [2.75, 3.05) is 0 Å². The van der Waals surface area contributed by atoms with E-state index in [4.69, 9.17) is 10.2 Å². The van der Waals surface area contributed by atoms with Gasteiger partial charge in [-0.15, -0.1) is 0 Å². The molecule has 0 fully saturated rings. The molecule has 0 aliphatic carbocycles. The third-order valence-electron chi connectivity index (χ3n) is 3.44. The van der Waals surface area contributed by atoms with Crippen LogP contribution in [0.4, 0.5) is 0 Å². The second kappa shape index (κ2) is 15.9. The molecule has 0 radical (unpaired) electrons. The van der Waals surface area contributed by atoms with Gasteiger partial charge in [-0.25, -0.2) is 0 Å². The van der Waals surface area contributed by atoms with E-state index < -0.39 is 17.9 Å². The van der Waals surface area contributed by atoms with E-state index >= 15 is 0 Å². The van der Waals surface area contributed by atoms with E-state index in [1.807, 2.05) is 0 Å². The summed E-state index contributed by atoms with van der Waals surface area (Å²) >= 11 is 0. The molecule has 0 rings (SSSR count). The van der Waals surface area contributed by atoms with E-state index in [-0.39, 0.29) is 55.3 Å². The first-order valence-electron chi connectivity index (χ1n) is 7.55. The first-order valence-corrected chi connectivity index (χ1v) is 7.55. The Morgan fingerprint density at radius 1 is 0.750 bits per heavy atom. The first-order chi connectivity index (χ1) is 9.09. The second-order valence-corrected chi connectivity index (χ2v) is 5.20. The Kier molecular flexibility index (Phi) is 18.1. The number of rotatable bonds is 13. The fourth-order valence-electron chi connectivity index (χ4n) is 2.19. The van der Waals surface area contributed by atoms with Crippen molar-refractivity contribution in [2.45, 2.75) is 77.6 Å². The van der Waals surface area contributed by atoms with Gasteiger partial charge in [-0.1, -0.05) is 71.1 Å². The van der Waals surface area contributed by atoms with Crippen LogP contribution < -0.4 is 0 Å². The summed E-state index contributed by atoms with van der Waals surface area (Å²) in [5, 5.41) is 17.4. The Balaban J connectivity index is 0. The molecule has 0 aliphatic heterocycles. The molecule has 116 valence electrons. The molecule has 0 aromatic rings. The molecule has 5 heteroatoms. The van der Waals surface area contributed by atoms with Gasteiger partial charge in [0.2, 0.25) is 0 Å². The van der Waals surface area contributed by atoms with E-state index in [2.05, 4.69) is 6.92 Å². The van der Waals surface area contributed by atoms with Crippen molar-refractivity contribution in [2.24, 2.45) is 5.92 Å². The number of carbonyl (C=O) groups is 2. The molecule has 0 atom stereocenters. The van der Waals surface area contributed by atoms with Crippen LogP contribution >= 0.6 is 0 Å². The number of unbranched alkanes of at least 4 members (excludes halogenated alkanes) is 9. The Morgan fingerprint density at radius 3 is 1.45 bits per heavy atom. The molecule has 0 bridgehead atoms. The minimum absolute atomic E-state index is 0. The van der Waals surface area contributed by atoms with Crippen LogP contribution in [0, 0.1) is 5.92 Å². The molecule has 0 heterocycles. The molecule has 0 aromatic heterocycles. The monoisotopic (exact) mass is 412 g/mol. The van der Waals surface area contributed by atoms with Gasteiger partial charge in [-0.3, -0.25) is 9.59 Å². The fourth-order valence-corrected chi connectivity index (χ4v) is 2.19. The van der Waals surface area contributed by atoms with E-state index in [1.165, 1.54) is 44.9 Å². The molecule has 0 saturated carbocycles. The summed E-state index contributed by atoms with van der Waals surface area (Å²) in [4.78, 5) is 21.3. The Bertz CT molecular complexity index is 242. The van der Waals surface area contributed by atoms with Crippen LogP contribution in [0.25, 0.3) is 0 Å².